The molecule has 18 heavy (non-hydrogen) atoms. The Bertz CT molecular complexity index is 555. The molecule has 1 atom stereocenters. The molecule has 1 N–H and O–H groups in total. The van der Waals surface area contributed by atoms with Crippen LogP contribution in [0.5, 0.6) is 0 Å². The van der Waals surface area contributed by atoms with Gasteiger partial charge in [0.25, 0.3) is 0 Å². The van der Waals surface area contributed by atoms with E-state index in [1.165, 1.54) is 10.4 Å². The summed E-state index contributed by atoms with van der Waals surface area (Å²) in [5, 5.41) is 5.53. The van der Waals surface area contributed by atoms with Gasteiger partial charge in [0.1, 0.15) is 5.60 Å². The number of hydrogen-bond donors (Lipinski definition) is 1. The smallest absolute Gasteiger partial charge is 0.126 e. The summed E-state index contributed by atoms with van der Waals surface area (Å²) in [6.07, 6.45) is 0. The standard InChI is InChI=1S/C14H14BrNOS/c1-14(13-3-2-8-18-13)11-9-10(15)4-5-12(11)16-6-7-17-14/h2-5,8-9,16H,6-7H2,1H3. The molecular weight excluding hydrogens is 310 g/mol. The predicted octanol–water partition coefficient (Wildman–Crippen LogP) is 4.22. The minimum absolute atomic E-state index is 0.364. The molecule has 1 aliphatic heterocycles. The van der Waals surface area contributed by atoms with Gasteiger partial charge < -0.3 is 10.1 Å². The summed E-state index contributed by atoms with van der Waals surface area (Å²) < 4.78 is 7.22. The molecule has 0 saturated carbocycles. The number of anilines is 1. The van der Waals surface area contributed by atoms with E-state index in [0.29, 0.717) is 6.61 Å². The molecule has 1 aromatic carbocycles. The molecule has 2 heterocycles. The van der Waals surface area contributed by atoms with Crippen molar-refractivity contribution in [1.29, 1.82) is 0 Å². The Morgan fingerprint density at radius 2 is 2.28 bits per heavy atom. The van der Waals surface area contributed by atoms with Gasteiger partial charge in [-0.3, -0.25) is 0 Å². The second-order valence-corrected chi connectivity index (χ2v) is 6.34. The van der Waals surface area contributed by atoms with E-state index >= 15 is 0 Å². The number of benzene rings is 1. The molecular formula is C14H14BrNOS. The van der Waals surface area contributed by atoms with Crippen LogP contribution in [0.3, 0.4) is 0 Å². The van der Waals surface area contributed by atoms with E-state index in [2.05, 4.69) is 63.9 Å². The van der Waals surface area contributed by atoms with Gasteiger partial charge in [0, 0.05) is 27.1 Å². The molecule has 0 amide bonds. The lowest BCUT2D eigenvalue weighted by Crippen LogP contribution is -2.26. The van der Waals surface area contributed by atoms with Gasteiger partial charge in [-0.05, 0) is 36.6 Å². The first-order valence-electron chi connectivity index (χ1n) is 5.92. The van der Waals surface area contributed by atoms with E-state index in [1.807, 2.05) is 0 Å². The largest absolute Gasteiger partial charge is 0.382 e. The van der Waals surface area contributed by atoms with Crippen LogP contribution in [0.15, 0.2) is 40.2 Å². The van der Waals surface area contributed by atoms with Crippen LogP contribution < -0.4 is 5.32 Å². The summed E-state index contributed by atoms with van der Waals surface area (Å²) in [5.41, 5.74) is 1.99. The Hall–Kier alpha value is -0.840. The number of halogens is 1. The molecule has 0 radical (unpaired) electrons. The van der Waals surface area contributed by atoms with Crippen LogP contribution in [0, 0.1) is 0 Å². The van der Waals surface area contributed by atoms with Crippen LogP contribution >= 0.6 is 27.3 Å². The number of rotatable bonds is 1. The van der Waals surface area contributed by atoms with E-state index in [4.69, 9.17) is 4.74 Å². The maximum Gasteiger partial charge on any atom is 0.126 e. The lowest BCUT2D eigenvalue weighted by molar-refractivity contribution is 0.00855. The molecule has 0 bridgehead atoms. The van der Waals surface area contributed by atoms with Crippen molar-refractivity contribution in [2.24, 2.45) is 0 Å². The van der Waals surface area contributed by atoms with E-state index in [-0.39, 0.29) is 5.60 Å². The zero-order valence-corrected chi connectivity index (χ0v) is 12.5. The summed E-state index contributed by atoms with van der Waals surface area (Å²) in [5.74, 6) is 0. The van der Waals surface area contributed by atoms with Gasteiger partial charge in [0.05, 0.1) is 6.61 Å². The minimum Gasteiger partial charge on any atom is -0.382 e. The summed E-state index contributed by atoms with van der Waals surface area (Å²) >= 11 is 5.29. The lowest BCUT2D eigenvalue weighted by Gasteiger charge is -2.29. The van der Waals surface area contributed by atoms with Crippen LogP contribution in [0.4, 0.5) is 5.69 Å². The van der Waals surface area contributed by atoms with Gasteiger partial charge in [-0.2, -0.15) is 0 Å². The highest BCUT2D eigenvalue weighted by Gasteiger charge is 2.34. The first-order valence-corrected chi connectivity index (χ1v) is 7.59. The average Bonchev–Trinajstić information content (AvgIpc) is 2.85. The molecule has 1 aliphatic rings. The third-order valence-corrected chi connectivity index (χ3v) is 4.86. The third kappa shape index (κ3) is 1.98. The quantitative estimate of drug-likeness (QED) is 0.848. The molecule has 1 aromatic heterocycles. The fourth-order valence-corrected chi connectivity index (χ4v) is 3.55. The van der Waals surface area contributed by atoms with E-state index < -0.39 is 0 Å². The second kappa shape index (κ2) is 4.68. The van der Waals surface area contributed by atoms with Crippen molar-refractivity contribution < 1.29 is 4.74 Å². The Balaban J connectivity index is 2.19. The summed E-state index contributed by atoms with van der Waals surface area (Å²) in [7, 11) is 0. The third-order valence-electron chi connectivity index (χ3n) is 3.30. The Labute approximate surface area is 119 Å². The van der Waals surface area contributed by atoms with E-state index in [1.54, 1.807) is 11.3 Å². The predicted molar refractivity (Wildman–Crippen MR) is 79.4 cm³/mol. The highest BCUT2D eigenvalue weighted by molar-refractivity contribution is 9.10. The average molecular weight is 324 g/mol. The summed E-state index contributed by atoms with van der Waals surface area (Å²) in [6.45, 7) is 3.70. The van der Waals surface area contributed by atoms with Crippen molar-refractivity contribution in [3.05, 3.63) is 50.6 Å². The lowest BCUT2D eigenvalue weighted by atomic mass is 9.92. The molecule has 2 aromatic rings. The van der Waals surface area contributed by atoms with Crippen LogP contribution in [0.25, 0.3) is 0 Å². The number of nitrogens with one attached hydrogen (secondary N) is 1. The molecule has 0 spiro atoms. The molecule has 0 aliphatic carbocycles. The molecule has 4 heteroatoms. The van der Waals surface area contributed by atoms with E-state index in [9.17, 15) is 0 Å². The molecule has 3 rings (SSSR count). The van der Waals surface area contributed by atoms with Gasteiger partial charge in [-0.25, -0.2) is 0 Å². The maximum atomic E-state index is 6.14. The highest BCUT2D eigenvalue weighted by Crippen LogP contribution is 2.41. The minimum atomic E-state index is -0.364. The van der Waals surface area contributed by atoms with E-state index in [0.717, 1.165) is 16.7 Å². The van der Waals surface area contributed by atoms with Crippen molar-refractivity contribution in [2.45, 2.75) is 12.5 Å². The number of fused-ring (bicyclic) bond motifs is 1. The SMILES string of the molecule is CC1(c2cccs2)OCCNc2ccc(Br)cc21. The first-order chi connectivity index (χ1) is 8.70. The molecule has 2 nitrogen and oxygen atoms in total. The Morgan fingerprint density at radius 1 is 1.39 bits per heavy atom. The van der Waals surface area contributed by atoms with Crippen LogP contribution in [0.2, 0.25) is 0 Å². The van der Waals surface area contributed by atoms with Crippen molar-refractivity contribution in [2.75, 3.05) is 18.5 Å². The fraction of sp³-hybridized carbons (Fsp3) is 0.286. The highest BCUT2D eigenvalue weighted by atomic mass is 79.9. The normalized spacial score (nSPS) is 23.0. The van der Waals surface area contributed by atoms with Crippen LogP contribution in [-0.2, 0) is 10.3 Å². The fourth-order valence-electron chi connectivity index (χ4n) is 2.34. The van der Waals surface area contributed by atoms with Gasteiger partial charge >= 0.3 is 0 Å². The second-order valence-electron chi connectivity index (χ2n) is 4.48. The first kappa shape index (κ1) is 12.2. The zero-order chi connectivity index (χ0) is 12.6. The monoisotopic (exact) mass is 323 g/mol. The van der Waals surface area contributed by atoms with Crippen molar-refractivity contribution >= 4 is 33.0 Å². The van der Waals surface area contributed by atoms with Crippen LogP contribution in [0.1, 0.15) is 17.4 Å². The molecule has 1 unspecified atom stereocenters. The van der Waals surface area contributed by atoms with Gasteiger partial charge in [0.15, 0.2) is 0 Å². The molecule has 94 valence electrons. The van der Waals surface area contributed by atoms with Crippen molar-refractivity contribution in [3.63, 3.8) is 0 Å². The molecule has 0 saturated heterocycles. The van der Waals surface area contributed by atoms with Crippen molar-refractivity contribution in [3.8, 4) is 0 Å². The van der Waals surface area contributed by atoms with Gasteiger partial charge in [0.2, 0.25) is 0 Å². The molecule has 0 fully saturated rings. The Kier molecular flexibility index (Phi) is 3.18. The zero-order valence-electron chi connectivity index (χ0n) is 10.1. The number of hydrogen-bond acceptors (Lipinski definition) is 3. The Morgan fingerprint density at radius 3 is 3.06 bits per heavy atom. The maximum absolute atomic E-state index is 6.14. The number of ether oxygens (including phenoxy) is 1. The van der Waals surface area contributed by atoms with Gasteiger partial charge in [-0.15, -0.1) is 11.3 Å². The van der Waals surface area contributed by atoms with Crippen molar-refractivity contribution in [1.82, 2.24) is 0 Å². The topological polar surface area (TPSA) is 21.3 Å². The van der Waals surface area contributed by atoms with Crippen LogP contribution in [-0.4, -0.2) is 13.2 Å². The summed E-state index contributed by atoms with van der Waals surface area (Å²) in [4.78, 5) is 1.24. The van der Waals surface area contributed by atoms with Gasteiger partial charge in [-0.1, -0.05) is 22.0 Å². The summed E-state index contributed by atoms with van der Waals surface area (Å²) in [6, 6.07) is 10.5. The number of thiophene rings is 1.